The molecule has 2 aromatic rings. The number of benzene rings is 1. The second kappa shape index (κ2) is 4.25. The first-order valence-corrected chi connectivity index (χ1v) is 4.65. The molecule has 6 heteroatoms. The van der Waals surface area contributed by atoms with Crippen LogP contribution in [0.4, 0.5) is 4.39 Å². The fourth-order valence-corrected chi connectivity index (χ4v) is 1.31. The minimum absolute atomic E-state index is 0.0463. The number of aromatic hydroxyl groups is 1. The smallest absolute Gasteiger partial charge is 0.360 e. The summed E-state index contributed by atoms with van der Waals surface area (Å²) in [6.07, 6.45) is 0. The Morgan fingerprint density at radius 3 is 2.88 bits per heavy atom. The maximum absolute atomic E-state index is 13.5. The van der Waals surface area contributed by atoms with Crippen molar-refractivity contribution < 1.29 is 23.6 Å². The Morgan fingerprint density at radius 1 is 1.47 bits per heavy atom. The molecule has 88 valence electrons. The van der Waals surface area contributed by atoms with Crippen LogP contribution in [0.25, 0.3) is 11.3 Å². The van der Waals surface area contributed by atoms with E-state index in [1.807, 2.05) is 0 Å². The number of carbonyl (C=O) groups is 1. The number of ether oxygens (including phenoxy) is 1. The molecule has 1 aromatic heterocycles. The first-order valence-electron chi connectivity index (χ1n) is 4.65. The number of carbonyl (C=O) groups excluding carboxylic acids is 1. The molecule has 0 fully saturated rings. The Kier molecular flexibility index (Phi) is 2.78. The topological polar surface area (TPSA) is 72.6 Å². The van der Waals surface area contributed by atoms with Crippen LogP contribution in [0, 0.1) is 5.82 Å². The zero-order valence-corrected chi connectivity index (χ0v) is 8.81. The van der Waals surface area contributed by atoms with Crippen LogP contribution in [-0.4, -0.2) is 23.3 Å². The number of hydrogen-bond acceptors (Lipinski definition) is 5. The minimum atomic E-state index is -0.669. The van der Waals surface area contributed by atoms with Crippen LogP contribution in [0.2, 0.25) is 0 Å². The molecule has 1 aromatic carbocycles. The first-order chi connectivity index (χ1) is 8.11. The van der Waals surface area contributed by atoms with Gasteiger partial charge in [0.2, 0.25) is 0 Å². The zero-order chi connectivity index (χ0) is 12.4. The average molecular weight is 237 g/mol. The number of phenols is 1. The van der Waals surface area contributed by atoms with E-state index in [1.165, 1.54) is 25.3 Å². The van der Waals surface area contributed by atoms with Gasteiger partial charge in [-0.1, -0.05) is 5.16 Å². The number of methoxy groups -OCH3 is 1. The van der Waals surface area contributed by atoms with Crippen molar-refractivity contribution in [2.75, 3.05) is 7.11 Å². The van der Waals surface area contributed by atoms with Gasteiger partial charge >= 0.3 is 5.97 Å². The van der Waals surface area contributed by atoms with Gasteiger partial charge in [0.15, 0.2) is 11.5 Å². The third kappa shape index (κ3) is 2.10. The molecule has 0 bridgehead atoms. The molecule has 1 heterocycles. The minimum Gasteiger partial charge on any atom is -0.508 e. The summed E-state index contributed by atoms with van der Waals surface area (Å²) in [4.78, 5) is 11.1. The van der Waals surface area contributed by atoms with Gasteiger partial charge in [0.25, 0.3) is 0 Å². The second-order valence-corrected chi connectivity index (χ2v) is 3.23. The summed E-state index contributed by atoms with van der Waals surface area (Å²) < 4.78 is 22.7. The molecule has 0 spiro atoms. The number of hydrogen-bond donors (Lipinski definition) is 1. The van der Waals surface area contributed by atoms with Crippen LogP contribution >= 0.6 is 0 Å². The lowest BCUT2D eigenvalue weighted by atomic mass is 10.1. The highest BCUT2D eigenvalue weighted by molar-refractivity contribution is 5.88. The van der Waals surface area contributed by atoms with Gasteiger partial charge in [-0.15, -0.1) is 0 Å². The molecule has 1 N–H and O–H groups in total. The van der Waals surface area contributed by atoms with Crippen LogP contribution in [0.1, 0.15) is 10.5 Å². The molecule has 5 nitrogen and oxygen atoms in total. The first kappa shape index (κ1) is 11.1. The van der Waals surface area contributed by atoms with Gasteiger partial charge in [-0.05, 0) is 12.1 Å². The Bertz CT molecular complexity index is 564. The summed E-state index contributed by atoms with van der Waals surface area (Å²) in [7, 11) is 1.21. The molecule has 0 aliphatic rings. The highest BCUT2D eigenvalue weighted by Crippen LogP contribution is 2.26. The van der Waals surface area contributed by atoms with Crippen molar-refractivity contribution in [1.29, 1.82) is 0 Å². The Hall–Kier alpha value is -2.37. The van der Waals surface area contributed by atoms with E-state index < -0.39 is 11.8 Å². The van der Waals surface area contributed by atoms with Gasteiger partial charge in [0, 0.05) is 12.1 Å². The summed E-state index contributed by atoms with van der Waals surface area (Å²) in [5, 5.41) is 12.5. The van der Waals surface area contributed by atoms with Crippen molar-refractivity contribution in [1.82, 2.24) is 5.16 Å². The van der Waals surface area contributed by atoms with Crippen molar-refractivity contribution in [3.05, 3.63) is 35.8 Å². The number of phenolic OH excluding ortho intramolecular Hbond substituents is 1. The maximum Gasteiger partial charge on any atom is 0.360 e. The summed E-state index contributed by atoms with van der Waals surface area (Å²) in [5.74, 6) is -1.45. The molecular formula is C11H8FNO4. The molecule has 0 saturated heterocycles. The number of nitrogens with zero attached hydrogens (tertiary/aromatic N) is 1. The molecular weight excluding hydrogens is 229 g/mol. The van der Waals surface area contributed by atoms with E-state index in [4.69, 9.17) is 9.63 Å². The van der Waals surface area contributed by atoms with E-state index in [1.54, 1.807) is 0 Å². The lowest BCUT2D eigenvalue weighted by Gasteiger charge is -1.98. The van der Waals surface area contributed by atoms with Gasteiger partial charge in [0.05, 0.1) is 12.7 Å². The number of aromatic nitrogens is 1. The average Bonchev–Trinajstić information content (AvgIpc) is 2.77. The van der Waals surface area contributed by atoms with Crippen molar-refractivity contribution >= 4 is 5.97 Å². The van der Waals surface area contributed by atoms with Crippen molar-refractivity contribution in [2.45, 2.75) is 0 Å². The number of esters is 1. The quantitative estimate of drug-likeness (QED) is 0.808. The predicted molar refractivity (Wildman–Crippen MR) is 54.9 cm³/mol. The second-order valence-electron chi connectivity index (χ2n) is 3.23. The summed E-state index contributed by atoms with van der Waals surface area (Å²) >= 11 is 0. The maximum atomic E-state index is 13.5. The molecule has 0 aliphatic heterocycles. The van der Waals surface area contributed by atoms with Crippen LogP contribution in [0.5, 0.6) is 5.75 Å². The van der Waals surface area contributed by atoms with Crippen LogP contribution < -0.4 is 0 Å². The number of halogens is 1. The Morgan fingerprint density at radius 2 is 2.24 bits per heavy atom. The predicted octanol–water partition coefficient (Wildman–Crippen LogP) is 1.97. The lowest BCUT2D eigenvalue weighted by Crippen LogP contribution is -2.00. The van der Waals surface area contributed by atoms with E-state index in [2.05, 4.69) is 9.89 Å². The summed E-state index contributed by atoms with van der Waals surface area (Å²) in [5.41, 5.74) is 0.0560. The summed E-state index contributed by atoms with van der Waals surface area (Å²) in [6.45, 7) is 0. The van der Waals surface area contributed by atoms with Crippen molar-refractivity contribution in [2.24, 2.45) is 0 Å². The molecule has 0 radical (unpaired) electrons. The van der Waals surface area contributed by atoms with Crippen LogP contribution in [0.3, 0.4) is 0 Å². The van der Waals surface area contributed by atoms with Gasteiger partial charge < -0.3 is 14.4 Å². The standard InChI is InChI=1S/C11H8FNO4/c1-16-11(15)9-5-10(17-13-9)7-3-2-6(14)4-8(7)12/h2-5,14H,1H3. The van der Waals surface area contributed by atoms with Crippen LogP contribution in [0.15, 0.2) is 28.8 Å². The highest BCUT2D eigenvalue weighted by Gasteiger charge is 2.16. The normalized spacial score (nSPS) is 10.2. The van der Waals surface area contributed by atoms with Gasteiger partial charge in [-0.2, -0.15) is 0 Å². The molecule has 0 unspecified atom stereocenters. The summed E-state index contributed by atoms with van der Waals surface area (Å²) in [6, 6.07) is 4.84. The highest BCUT2D eigenvalue weighted by atomic mass is 19.1. The van der Waals surface area contributed by atoms with E-state index in [0.29, 0.717) is 0 Å². The fourth-order valence-electron chi connectivity index (χ4n) is 1.31. The molecule has 2 rings (SSSR count). The molecule has 0 saturated carbocycles. The zero-order valence-electron chi connectivity index (χ0n) is 8.81. The molecule has 17 heavy (non-hydrogen) atoms. The van der Waals surface area contributed by atoms with E-state index in [9.17, 15) is 9.18 Å². The lowest BCUT2D eigenvalue weighted by molar-refractivity contribution is 0.0589. The molecule has 0 amide bonds. The number of rotatable bonds is 2. The SMILES string of the molecule is COC(=O)c1cc(-c2ccc(O)cc2F)on1. The van der Waals surface area contributed by atoms with Crippen molar-refractivity contribution in [3.8, 4) is 17.1 Å². The van der Waals surface area contributed by atoms with Crippen LogP contribution in [-0.2, 0) is 4.74 Å². The van der Waals surface area contributed by atoms with Gasteiger partial charge in [-0.3, -0.25) is 0 Å². The van der Waals surface area contributed by atoms with Crippen molar-refractivity contribution in [3.63, 3.8) is 0 Å². The molecule has 0 atom stereocenters. The largest absolute Gasteiger partial charge is 0.508 e. The van der Waals surface area contributed by atoms with Gasteiger partial charge in [0.1, 0.15) is 11.6 Å². The Balaban J connectivity index is 2.40. The van der Waals surface area contributed by atoms with E-state index in [0.717, 1.165) is 6.07 Å². The van der Waals surface area contributed by atoms with E-state index >= 15 is 0 Å². The molecule has 0 aliphatic carbocycles. The third-order valence-corrected chi connectivity index (χ3v) is 2.12. The Labute approximate surface area is 95.4 Å². The third-order valence-electron chi connectivity index (χ3n) is 2.12. The monoisotopic (exact) mass is 237 g/mol. The van der Waals surface area contributed by atoms with E-state index in [-0.39, 0.29) is 22.8 Å². The fraction of sp³-hybridized carbons (Fsp3) is 0.0909. The van der Waals surface area contributed by atoms with Gasteiger partial charge in [-0.25, -0.2) is 9.18 Å².